The third-order valence-electron chi connectivity index (χ3n) is 5.14. The average Bonchev–Trinajstić information content (AvgIpc) is 2.74. The van der Waals surface area contributed by atoms with E-state index in [4.69, 9.17) is 0 Å². The molecule has 0 aliphatic carbocycles. The van der Waals surface area contributed by atoms with E-state index in [1.54, 1.807) is 24.3 Å². The summed E-state index contributed by atoms with van der Waals surface area (Å²) in [5.41, 5.74) is -0.613. The molecule has 0 saturated carbocycles. The van der Waals surface area contributed by atoms with Crippen LogP contribution in [0.2, 0.25) is 0 Å². The van der Waals surface area contributed by atoms with Gasteiger partial charge in [0, 0.05) is 36.1 Å². The number of pyridine rings is 1. The second kappa shape index (κ2) is 10.8. The van der Waals surface area contributed by atoms with Gasteiger partial charge in [-0.05, 0) is 32.0 Å². The lowest BCUT2D eigenvalue weighted by Crippen LogP contribution is -2.46. The molecule has 31 heavy (non-hydrogen) atoms. The maximum absolute atomic E-state index is 14.5. The van der Waals surface area contributed by atoms with Crippen LogP contribution in [0.15, 0.2) is 30.8 Å². The Morgan fingerprint density at radius 1 is 1.26 bits per heavy atom. The van der Waals surface area contributed by atoms with Gasteiger partial charge in [0.25, 0.3) is 0 Å². The van der Waals surface area contributed by atoms with Crippen molar-refractivity contribution in [3.05, 3.63) is 36.5 Å². The zero-order chi connectivity index (χ0) is 23.2. The summed E-state index contributed by atoms with van der Waals surface area (Å²) in [5.74, 6) is 0.342. The minimum absolute atomic E-state index is 0.211. The molecular formula is C23H32F4N4. The van der Waals surface area contributed by atoms with Gasteiger partial charge in [-0.2, -0.15) is 13.2 Å². The Morgan fingerprint density at radius 2 is 1.97 bits per heavy atom. The normalized spacial score (nSPS) is 19.5. The Kier molecular flexibility index (Phi) is 8.68. The molecule has 3 rings (SSSR count). The summed E-state index contributed by atoms with van der Waals surface area (Å²) in [6.07, 6.45) is -4.24. The van der Waals surface area contributed by atoms with Crippen LogP contribution in [0, 0.1) is 0 Å². The van der Waals surface area contributed by atoms with Crippen LogP contribution >= 0.6 is 0 Å². The molecule has 1 aromatic carbocycles. The number of fused-ring (bicyclic) bond motifs is 1. The number of piperidine rings is 1. The molecule has 4 nitrogen and oxygen atoms in total. The number of anilines is 2. The quantitative estimate of drug-likeness (QED) is 0.532. The largest absolute Gasteiger partial charge is 0.417 e. The summed E-state index contributed by atoms with van der Waals surface area (Å²) in [6.45, 7) is 10.8. The van der Waals surface area contributed by atoms with Crippen molar-refractivity contribution in [2.45, 2.75) is 52.0 Å². The third kappa shape index (κ3) is 6.09. The van der Waals surface area contributed by atoms with E-state index in [2.05, 4.69) is 22.2 Å². The highest BCUT2D eigenvalue weighted by atomic mass is 19.4. The van der Waals surface area contributed by atoms with E-state index in [0.29, 0.717) is 41.8 Å². The van der Waals surface area contributed by atoms with Crippen molar-refractivity contribution >= 4 is 27.9 Å². The fourth-order valence-electron chi connectivity index (χ4n) is 3.53. The van der Waals surface area contributed by atoms with E-state index in [9.17, 15) is 17.6 Å². The Labute approximate surface area is 181 Å². The van der Waals surface area contributed by atoms with Crippen LogP contribution in [0.3, 0.4) is 0 Å². The van der Waals surface area contributed by atoms with Crippen LogP contribution in [-0.2, 0) is 0 Å². The van der Waals surface area contributed by atoms with Gasteiger partial charge >= 0.3 is 6.18 Å². The van der Waals surface area contributed by atoms with Gasteiger partial charge in [0.05, 0.1) is 17.3 Å². The Hall–Kier alpha value is -2.35. The summed E-state index contributed by atoms with van der Waals surface area (Å²) >= 11 is 0. The molecule has 1 aromatic heterocycles. The molecule has 8 heteroatoms. The highest BCUT2D eigenvalue weighted by molar-refractivity contribution is 6.01. The minimum Gasteiger partial charge on any atom is -0.379 e. The van der Waals surface area contributed by atoms with Gasteiger partial charge in [-0.3, -0.25) is 0 Å². The van der Waals surface area contributed by atoms with E-state index in [1.807, 2.05) is 32.7 Å². The highest BCUT2D eigenvalue weighted by Gasteiger charge is 2.35. The van der Waals surface area contributed by atoms with Gasteiger partial charge in [-0.1, -0.05) is 39.5 Å². The smallest absolute Gasteiger partial charge is 0.379 e. The van der Waals surface area contributed by atoms with E-state index < -0.39 is 24.0 Å². The number of nitrogens with zero attached hydrogens (tertiary/aromatic N) is 2. The highest BCUT2D eigenvalue weighted by Crippen LogP contribution is 2.38. The number of aromatic nitrogens is 1. The van der Waals surface area contributed by atoms with Gasteiger partial charge < -0.3 is 15.5 Å². The second-order valence-electron chi connectivity index (χ2n) is 7.48. The number of likely N-dealkylation sites (tertiary alicyclic amines) is 1. The van der Waals surface area contributed by atoms with Crippen LogP contribution in [0.25, 0.3) is 16.3 Å². The summed E-state index contributed by atoms with van der Waals surface area (Å²) in [6, 6.07) is 6.32. The molecule has 2 heterocycles. The maximum atomic E-state index is 14.5. The van der Waals surface area contributed by atoms with Crippen molar-refractivity contribution < 1.29 is 17.6 Å². The molecule has 172 valence electrons. The fourth-order valence-corrected chi connectivity index (χ4v) is 3.53. The molecule has 2 N–H and O–H groups in total. The van der Waals surface area contributed by atoms with Crippen LogP contribution in [0.1, 0.15) is 39.3 Å². The van der Waals surface area contributed by atoms with Crippen molar-refractivity contribution in [2.24, 2.45) is 0 Å². The molecule has 0 amide bonds. The number of allylic oxidation sites excluding steroid dienone is 1. The predicted octanol–water partition coefficient (Wildman–Crippen LogP) is 6.11. The first-order valence-electron chi connectivity index (χ1n) is 10.7. The average molecular weight is 441 g/mol. The van der Waals surface area contributed by atoms with E-state index in [0.717, 1.165) is 13.0 Å². The lowest BCUT2D eigenvalue weighted by Gasteiger charge is -2.33. The molecule has 1 aliphatic rings. The molecule has 2 aromatic rings. The lowest BCUT2D eigenvalue weighted by atomic mass is 10.00. The number of halogens is 4. The molecule has 0 radical (unpaired) electrons. The van der Waals surface area contributed by atoms with Crippen molar-refractivity contribution in [2.75, 3.05) is 37.3 Å². The molecule has 2 unspecified atom stereocenters. The topological polar surface area (TPSA) is 40.2 Å². The van der Waals surface area contributed by atoms with Gasteiger partial charge in [0.2, 0.25) is 0 Å². The number of alkyl halides is 4. The fraction of sp³-hybridized carbons (Fsp3) is 0.522. The summed E-state index contributed by atoms with van der Waals surface area (Å²) in [5, 5.41) is 7.16. The van der Waals surface area contributed by atoms with Crippen LogP contribution < -0.4 is 10.6 Å². The summed E-state index contributed by atoms with van der Waals surface area (Å²) < 4.78 is 54.6. The number of benzene rings is 1. The monoisotopic (exact) mass is 440 g/mol. The number of nitrogens with one attached hydrogen (secondary N) is 2. The lowest BCUT2D eigenvalue weighted by molar-refractivity contribution is -0.0688. The predicted molar refractivity (Wildman–Crippen MR) is 121 cm³/mol. The van der Waals surface area contributed by atoms with Crippen LogP contribution in [0.4, 0.5) is 29.1 Å². The Bertz CT molecular complexity index is 882. The van der Waals surface area contributed by atoms with Gasteiger partial charge in [0.15, 0.2) is 0 Å². The standard InChI is InChI=1S/C21H26F4N4.C2H6/c1-4-9-26-19-11-15-14(20(28-19)13(2)21(23,24)25)6-5-7-17(15)27-18-8-10-29(3)12-16(18)22;1-2/h5-7,11,16,18,27H,2,4,8-10,12H2,1,3H3,(H,26,28);1-2H3. The molecule has 1 fully saturated rings. The molecular weight excluding hydrogens is 408 g/mol. The van der Waals surface area contributed by atoms with Crippen molar-refractivity contribution in [1.82, 2.24) is 9.88 Å². The number of hydrogen-bond donors (Lipinski definition) is 2. The first-order chi connectivity index (χ1) is 14.7. The van der Waals surface area contributed by atoms with Gasteiger partial charge in [0.1, 0.15) is 12.0 Å². The minimum atomic E-state index is -4.59. The number of hydrogen-bond acceptors (Lipinski definition) is 4. The van der Waals surface area contributed by atoms with E-state index in [1.165, 1.54) is 0 Å². The van der Waals surface area contributed by atoms with Crippen molar-refractivity contribution in [3.63, 3.8) is 0 Å². The Morgan fingerprint density at radius 3 is 2.58 bits per heavy atom. The van der Waals surface area contributed by atoms with Crippen LogP contribution in [0.5, 0.6) is 0 Å². The third-order valence-corrected chi connectivity index (χ3v) is 5.14. The maximum Gasteiger partial charge on any atom is 0.417 e. The first-order valence-corrected chi connectivity index (χ1v) is 10.7. The van der Waals surface area contributed by atoms with E-state index in [-0.39, 0.29) is 5.69 Å². The van der Waals surface area contributed by atoms with E-state index >= 15 is 0 Å². The summed E-state index contributed by atoms with van der Waals surface area (Å²) in [4.78, 5) is 6.10. The Balaban J connectivity index is 0.00000166. The second-order valence-corrected chi connectivity index (χ2v) is 7.48. The number of rotatable bonds is 6. The first kappa shape index (κ1) is 24.9. The van der Waals surface area contributed by atoms with Gasteiger partial charge in [-0.15, -0.1) is 0 Å². The molecule has 1 aliphatic heterocycles. The van der Waals surface area contributed by atoms with Crippen molar-refractivity contribution in [3.8, 4) is 0 Å². The van der Waals surface area contributed by atoms with Crippen LogP contribution in [-0.4, -0.2) is 55.0 Å². The molecule has 2 atom stereocenters. The molecule has 1 saturated heterocycles. The zero-order valence-corrected chi connectivity index (χ0v) is 18.6. The zero-order valence-electron chi connectivity index (χ0n) is 18.6. The molecule has 0 spiro atoms. The molecule has 0 bridgehead atoms. The summed E-state index contributed by atoms with van der Waals surface area (Å²) in [7, 11) is 1.87. The van der Waals surface area contributed by atoms with Crippen molar-refractivity contribution in [1.29, 1.82) is 0 Å². The SMILES string of the molecule is C=C(c1nc(NCCC)cc2c(NC3CCN(C)CC3F)cccc12)C(F)(F)F.CC. The van der Waals surface area contributed by atoms with Gasteiger partial charge in [-0.25, -0.2) is 9.37 Å².